The van der Waals surface area contributed by atoms with E-state index < -0.39 is 6.09 Å². The fourth-order valence-corrected chi connectivity index (χ4v) is 4.74. The maximum absolute atomic E-state index is 11.4. The second kappa shape index (κ2) is 8.22. The molecule has 3 aromatic rings. The maximum atomic E-state index is 11.4. The number of imidazole rings is 1. The first-order chi connectivity index (χ1) is 15.5. The number of aromatic nitrogens is 4. The number of halogens is 1. The smallest absolute Gasteiger partial charge is 0.407 e. The van der Waals surface area contributed by atoms with Gasteiger partial charge in [-0.25, -0.2) is 19.7 Å². The predicted octanol–water partition coefficient (Wildman–Crippen LogP) is 3.13. The molecule has 0 bridgehead atoms. The van der Waals surface area contributed by atoms with Crippen LogP contribution in [0.2, 0.25) is 5.02 Å². The van der Waals surface area contributed by atoms with Crippen LogP contribution in [0, 0.1) is 6.92 Å². The minimum absolute atomic E-state index is 0.0542. The first-order valence-corrected chi connectivity index (χ1v) is 11.3. The first kappa shape index (κ1) is 21.0. The Bertz CT molecular complexity index is 1170. The molecule has 2 aromatic heterocycles. The number of likely N-dealkylation sites (N-methyl/N-ethyl adjacent to an activating group) is 1. The Labute approximate surface area is 191 Å². The average molecular weight is 456 g/mol. The van der Waals surface area contributed by atoms with E-state index in [4.69, 9.17) is 26.6 Å². The van der Waals surface area contributed by atoms with Crippen LogP contribution in [-0.2, 0) is 0 Å². The second-order valence-corrected chi connectivity index (χ2v) is 8.72. The molecule has 0 aliphatic carbocycles. The Morgan fingerprint density at radius 2 is 1.84 bits per heavy atom. The van der Waals surface area contributed by atoms with Crippen LogP contribution in [0.25, 0.3) is 22.6 Å². The zero-order valence-corrected chi connectivity index (χ0v) is 19.0. The number of amides is 1. The highest BCUT2D eigenvalue weighted by Crippen LogP contribution is 2.37. The topological polar surface area (TPSA) is 90.6 Å². The number of nitrogens with zero attached hydrogens (tertiary/aromatic N) is 7. The molecular weight excluding hydrogens is 430 g/mol. The van der Waals surface area contributed by atoms with Crippen molar-refractivity contribution in [2.45, 2.75) is 19.9 Å². The van der Waals surface area contributed by atoms with Gasteiger partial charge in [0.15, 0.2) is 17.0 Å². The standard InChI is InChI=1S/C22H26ClN7O2/c1-3-27-8-10-28(11-9-27)20-18-21(25-14(2)24-20)30(15-12-29(13-15)22(31)32)19(26-18)16-6-4-5-7-17(16)23/h4-7,15H,3,8-13H2,1-2H3,(H,31,32). The van der Waals surface area contributed by atoms with Crippen LogP contribution in [-0.4, -0.2) is 86.3 Å². The second-order valence-electron chi connectivity index (χ2n) is 8.31. The van der Waals surface area contributed by atoms with Gasteiger partial charge in [-0.3, -0.25) is 0 Å². The van der Waals surface area contributed by atoms with Crippen LogP contribution in [0.4, 0.5) is 10.6 Å². The molecule has 5 rings (SSSR count). The van der Waals surface area contributed by atoms with Crippen molar-refractivity contribution in [1.29, 1.82) is 0 Å². The molecule has 168 valence electrons. The van der Waals surface area contributed by atoms with Gasteiger partial charge in [0.2, 0.25) is 0 Å². The lowest BCUT2D eigenvalue weighted by Gasteiger charge is -2.38. The molecule has 0 saturated carbocycles. The summed E-state index contributed by atoms with van der Waals surface area (Å²) >= 11 is 6.55. The summed E-state index contributed by atoms with van der Waals surface area (Å²) in [6.45, 7) is 9.62. The van der Waals surface area contributed by atoms with Gasteiger partial charge in [0.05, 0.1) is 11.1 Å². The molecule has 0 atom stereocenters. The molecule has 2 aliphatic rings. The minimum atomic E-state index is -0.912. The van der Waals surface area contributed by atoms with E-state index >= 15 is 0 Å². The summed E-state index contributed by atoms with van der Waals surface area (Å²) in [7, 11) is 0. The van der Waals surface area contributed by atoms with Gasteiger partial charge in [0, 0.05) is 44.8 Å². The van der Waals surface area contributed by atoms with Crippen LogP contribution in [0.15, 0.2) is 24.3 Å². The minimum Gasteiger partial charge on any atom is -0.465 e. The number of rotatable bonds is 4. The molecule has 1 amide bonds. The summed E-state index contributed by atoms with van der Waals surface area (Å²) in [5, 5.41) is 9.93. The summed E-state index contributed by atoms with van der Waals surface area (Å²) in [4.78, 5) is 32.0. The molecular formula is C22H26ClN7O2. The Kier molecular flexibility index (Phi) is 5.38. The fraction of sp³-hybridized carbons (Fsp3) is 0.455. The van der Waals surface area contributed by atoms with Crippen molar-refractivity contribution >= 4 is 34.7 Å². The van der Waals surface area contributed by atoms with E-state index in [0.29, 0.717) is 29.8 Å². The highest BCUT2D eigenvalue weighted by Gasteiger charge is 2.36. The number of benzene rings is 1. The largest absolute Gasteiger partial charge is 0.465 e. The van der Waals surface area contributed by atoms with Crippen molar-refractivity contribution < 1.29 is 9.90 Å². The molecule has 2 fully saturated rings. The lowest BCUT2D eigenvalue weighted by atomic mass is 10.1. The Hall–Kier alpha value is -2.91. The number of carboxylic acid groups (broad SMARTS) is 1. The molecule has 0 unspecified atom stereocenters. The Morgan fingerprint density at radius 3 is 2.50 bits per heavy atom. The molecule has 32 heavy (non-hydrogen) atoms. The number of piperazine rings is 1. The first-order valence-electron chi connectivity index (χ1n) is 10.9. The van der Waals surface area contributed by atoms with Gasteiger partial charge in [-0.2, -0.15) is 0 Å². The van der Waals surface area contributed by atoms with E-state index in [2.05, 4.69) is 21.3 Å². The lowest BCUT2D eigenvalue weighted by Crippen LogP contribution is -2.50. The molecule has 9 nitrogen and oxygen atoms in total. The van der Waals surface area contributed by atoms with Crippen molar-refractivity contribution in [3.63, 3.8) is 0 Å². The van der Waals surface area contributed by atoms with Gasteiger partial charge in [-0.05, 0) is 25.6 Å². The lowest BCUT2D eigenvalue weighted by molar-refractivity contribution is 0.0872. The van der Waals surface area contributed by atoms with Crippen LogP contribution >= 0.6 is 11.6 Å². The number of anilines is 1. The molecule has 4 heterocycles. The molecule has 0 spiro atoms. The van der Waals surface area contributed by atoms with Gasteiger partial charge in [0.25, 0.3) is 0 Å². The van der Waals surface area contributed by atoms with Gasteiger partial charge in [0.1, 0.15) is 11.6 Å². The highest BCUT2D eigenvalue weighted by molar-refractivity contribution is 6.33. The predicted molar refractivity (Wildman–Crippen MR) is 123 cm³/mol. The van der Waals surface area contributed by atoms with E-state index in [-0.39, 0.29) is 6.04 Å². The van der Waals surface area contributed by atoms with Crippen molar-refractivity contribution in [3.05, 3.63) is 35.1 Å². The normalized spacial score (nSPS) is 17.7. The summed E-state index contributed by atoms with van der Waals surface area (Å²) < 4.78 is 2.05. The summed E-state index contributed by atoms with van der Waals surface area (Å²) in [5.41, 5.74) is 2.28. The van der Waals surface area contributed by atoms with Crippen LogP contribution < -0.4 is 4.90 Å². The van der Waals surface area contributed by atoms with E-state index in [1.807, 2.05) is 31.2 Å². The number of fused-ring (bicyclic) bond motifs is 1. The SMILES string of the molecule is CCN1CCN(c2nc(C)nc3c2nc(-c2ccccc2Cl)n3C2CN(C(=O)O)C2)CC1. The van der Waals surface area contributed by atoms with E-state index in [0.717, 1.165) is 55.3 Å². The quantitative estimate of drug-likeness (QED) is 0.646. The Balaban J connectivity index is 1.65. The number of hydrogen-bond donors (Lipinski definition) is 1. The van der Waals surface area contributed by atoms with Gasteiger partial charge in [-0.15, -0.1) is 0 Å². The van der Waals surface area contributed by atoms with Gasteiger partial charge >= 0.3 is 6.09 Å². The fourth-order valence-electron chi connectivity index (χ4n) is 4.52. The highest BCUT2D eigenvalue weighted by atomic mass is 35.5. The van der Waals surface area contributed by atoms with Gasteiger partial charge < -0.3 is 24.4 Å². The molecule has 10 heteroatoms. The van der Waals surface area contributed by atoms with Crippen molar-refractivity contribution in [2.24, 2.45) is 0 Å². The maximum Gasteiger partial charge on any atom is 0.407 e. The molecule has 1 N–H and O–H groups in total. The van der Waals surface area contributed by atoms with Gasteiger partial charge in [-0.1, -0.05) is 30.7 Å². The number of carbonyl (C=O) groups is 1. The number of hydrogen-bond acceptors (Lipinski definition) is 6. The van der Waals surface area contributed by atoms with Crippen LogP contribution in [0.1, 0.15) is 18.8 Å². The number of likely N-dealkylation sites (tertiary alicyclic amines) is 1. The summed E-state index contributed by atoms with van der Waals surface area (Å²) in [6, 6.07) is 7.54. The van der Waals surface area contributed by atoms with E-state index in [1.54, 1.807) is 0 Å². The van der Waals surface area contributed by atoms with Crippen LogP contribution in [0.3, 0.4) is 0 Å². The van der Waals surface area contributed by atoms with E-state index in [1.165, 1.54) is 4.90 Å². The molecule has 1 aromatic carbocycles. The van der Waals surface area contributed by atoms with Crippen molar-refractivity contribution in [2.75, 3.05) is 50.7 Å². The third-order valence-corrected chi connectivity index (χ3v) is 6.69. The monoisotopic (exact) mass is 455 g/mol. The van der Waals surface area contributed by atoms with E-state index in [9.17, 15) is 9.90 Å². The summed E-state index contributed by atoms with van der Waals surface area (Å²) in [5.74, 6) is 2.21. The van der Waals surface area contributed by atoms with Crippen LogP contribution in [0.5, 0.6) is 0 Å². The zero-order chi connectivity index (χ0) is 22.4. The molecule has 2 saturated heterocycles. The third kappa shape index (κ3) is 3.55. The van der Waals surface area contributed by atoms with Crippen molar-refractivity contribution in [1.82, 2.24) is 29.3 Å². The average Bonchev–Trinajstić information content (AvgIpc) is 3.11. The third-order valence-electron chi connectivity index (χ3n) is 6.36. The Morgan fingerprint density at radius 1 is 1.12 bits per heavy atom. The summed E-state index contributed by atoms with van der Waals surface area (Å²) in [6.07, 6.45) is -0.912. The van der Waals surface area contributed by atoms with Crippen molar-refractivity contribution in [3.8, 4) is 11.4 Å². The zero-order valence-electron chi connectivity index (χ0n) is 18.2. The molecule has 0 radical (unpaired) electrons. The number of aryl methyl sites for hydroxylation is 1. The molecule has 2 aliphatic heterocycles.